The first kappa shape index (κ1) is 21.5. The summed E-state index contributed by atoms with van der Waals surface area (Å²) in [7, 11) is -3.52. The number of rotatable bonds is 8. The summed E-state index contributed by atoms with van der Waals surface area (Å²) in [5.74, 6) is -0.116. The Bertz CT molecular complexity index is 757. The topological polar surface area (TPSA) is 84.0 Å². The number of benzene rings is 1. The zero-order valence-corrected chi connectivity index (χ0v) is 16.9. The van der Waals surface area contributed by atoms with E-state index in [9.17, 15) is 18.0 Å². The Morgan fingerprint density at radius 2 is 1.78 bits per heavy atom. The highest BCUT2D eigenvalue weighted by molar-refractivity contribution is 8.00. The van der Waals surface area contributed by atoms with E-state index in [0.29, 0.717) is 19.7 Å². The molecule has 0 aromatic heterocycles. The third-order valence-corrected chi connectivity index (χ3v) is 6.39. The highest BCUT2D eigenvalue weighted by atomic mass is 32.2. The van der Waals surface area contributed by atoms with Gasteiger partial charge in [0.25, 0.3) is 0 Å². The van der Waals surface area contributed by atoms with Gasteiger partial charge < -0.3 is 9.64 Å². The highest BCUT2D eigenvalue weighted by Crippen LogP contribution is 2.13. The molecular weight excluding hydrogens is 388 g/mol. The molecule has 0 N–H and O–H groups in total. The first-order chi connectivity index (χ1) is 12.9. The predicted molar refractivity (Wildman–Crippen MR) is 107 cm³/mol. The van der Waals surface area contributed by atoms with Gasteiger partial charge in [0.2, 0.25) is 15.9 Å². The van der Waals surface area contributed by atoms with E-state index in [1.54, 1.807) is 17.9 Å². The van der Waals surface area contributed by atoms with Crippen molar-refractivity contribution in [2.45, 2.75) is 6.92 Å². The van der Waals surface area contributed by atoms with E-state index in [2.05, 4.69) is 0 Å². The van der Waals surface area contributed by atoms with E-state index in [1.807, 2.05) is 30.3 Å². The van der Waals surface area contributed by atoms with Crippen molar-refractivity contribution in [2.24, 2.45) is 0 Å². The first-order valence-electron chi connectivity index (χ1n) is 8.67. The molecule has 0 atom stereocenters. The fourth-order valence-corrected chi connectivity index (χ4v) is 4.41. The second-order valence-corrected chi connectivity index (χ2v) is 8.64. The number of carbonyl (C=O) groups excluding carboxylic acids is 2. The zero-order chi connectivity index (χ0) is 19.7. The van der Waals surface area contributed by atoms with E-state index in [-0.39, 0.29) is 36.5 Å². The Labute approximate surface area is 164 Å². The van der Waals surface area contributed by atoms with Gasteiger partial charge in [0.1, 0.15) is 0 Å². The quantitative estimate of drug-likeness (QED) is 0.601. The lowest BCUT2D eigenvalue weighted by Gasteiger charge is -2.33. The summed E-state index contributed by atoms with van der Waals surface area (Å²) in [5, 5.41) is 1.20. The summed E-state index contributed by atoms with van der Waals surface area (Å²) in [6.45, 7) is 3.26. The van der Waals surface area contributed by atoms with Crippen LogP contribution in [-0.4, -0.2) is 73.8 Å². The summed E-state index contributed by atoms with van der Waals surface area (Å²) >= 11 is 1.21. The van der Waals surface area contributed by atoms with Crippen molar-refractivity contribution in [1.82, 2.24) is 9.21 Å². The van der Waals surface area contributed by atoms with Crippen LogP contribution in [0.1, 0.15) is 12.5 Å². The number of carbonyl (C=O) groups is 2. The number of amides is 1. The molecule has 1 aliphatic rings. The van der Waals surface area contributed by atoms with Gasteiger partial charge in [-0.2, -0.15) is 4.31 Å². The number of sulfonamides is 1. The van der Waals surface area contributed by atoms with Crippen LogP contribution in [0.5, 0.6) is 0 Å². The molecule has 0 radical (unpaired) electrons. The van der Waals surface area contributed by atoms with E-state index in [1.165, 1.54) is 21.5 Å². The van der Waals surface area contributed by atoms with Gasteiger partial charge in [0, 0.05) is 31.6 Å². The normalized spacial score (nSPS) is 15.8. The van der Waals surface area contributed by atoms with Crippen LogP contribution >= 0.6 is 11.8 Å². The van der Waals surface area contributed by atoms with Crippen LogP contribution in [0, 0.1) is 0 Å². The Kier molecular flexibility index (Phi) is 8.33. The van der Waals surface area contributed by atoms with Gasteiger partial charge in [-0.05, 0) is 18.6 Å². The molecular formula is C18H24N2O5S2. The van der Waals surface area contributed by atoms with Crippen molar-refractivity contribution in [3.63, 3.8) is 0 Å². The average molecular weight is 413 g/mol. The Morgan fingerprint density at radius 3 is 2.41 bits per heavy atom. The molecule has 27 heavy (non-hydrogen) atoms. The van der Waals surface area contributed by atoms with Gasteiger partial charge in [-0.15, -0.1) is 11.8 Å². The van der Waals surface area contributed by atoms with Crippen LogP contribution in [0.4, 0.5) is 0 Å². The average Bonchev–Trinajstić information content (AvgIpc) is 2.67. The van der Waals surface area contributed by atoms with Crippen LogP contribution in [0.25, 0.3) is 6.08 Å². The van der Waals surface area contributed by atoms with Crippen molar-refractivity contribution in [2.75, 3.05) is 44.3 Å². The van der Waals surface area contributed by atoms with Crippen LogP contribution in [-0.2, 0) is 24.3 Å². The number of piperazine rings is 1. The van der Waals surface area contributed by atoms with Crippen molar-refractivity contribution in [3.8, 4) is 0 Å². The van der Waals surface area contributed by atoms with Crippen molar-refractivity contribution in [1.29, 1.82) is 0 Å². The minimum atomic E-state index is -3.52. The van der Waals surface area contributed by atoms with E-state index < -0.39 is 10.0 Å². The summed E-state index contributed by atoms with van der Waals surface area (Å²) < 4.78 is 31.0. The minimum Gasteiger partial charge on any atom is -0.465 e. The van der Waals surface area contributed by atoms with E-state index >= 15 is 0 Å². The Balaban J connectivity index is 1.79. The number of thioether (sulfide) groups is 1. The first-order valence-corrected chi connectivity index (χ1v) is 11.3. The zero-order valence-electron chi connectivity index (χ0n) is 15.2. The lowest BCUT2D eigenvalue weighted by Crippen LogP contribution is -2.50. The Morgan fingerprint density at radius 1 is 1.11 bits per heavy atom. The molecule has 1 saturated heterocycles. The molecule has 148 valence electrons. The molecule has 1 amide bonds. The fourth-order valence-electron chi connectivity index (χ4n) is 2.52. The Hall–Kier alpha value is -1.84. The summed E-state index contributed by atoms with van der Waals surface area (Å²) in [5.41, 5.74) is 0.813. The van der Waals surface area contributed by atoms with Crippen LogP contribution in [0.3, 0.4) is 0 Å². The number of hydrogen-bond donors (Lipinski definition) is 0. The number of nitrogens with zero attached hydrogens (tertiary/aromatic N) is 2. The van der Waals surface area contributed by atoms with Gasteiger partial charge in [0.15, 0.2) is 0 Å². The van der Waals surface area contributed by atoms with Gasteiger partial charge in [-0.25, -0.2) is 8.42 Å². The SMILES string of the molecule is CCOC(=O)CSCC(=O)N1CCN(S(=O)(=O)/C=C\c2ccccc2)CC1. The number of esters is 1. The van der Waals surface area contributed by atoms with Gasteiger partial charge in [0.05, 0.1) is 18.1 Å². The van der Waals surface area contributed by atoms with Crippen molar-refractivity contribution < 1.29 is 22.7 Å². The minimum absolute atomic E-state index is 0.0961. The standard InChI is InChI=1S/C18H24N2O5S2/c1-2-25-18(22)15-26-14-17(21)19-9-11-20(12-10-19)27(23,24)13-8-16-6-4-3-5-7-16/h3-8,13H,2,9-12,14-15H2,1H3/b13-8-. The third kappa shape index (κ3) is 7.00. The van der Waals surface area contributed by atoms with Crippen LogP contribution < -0.4 is 0 Å². The molecule has 1 fully saturated rings. The molecule has 1 aliphatic heterocycles. The number of ether oxygens (including phenoxy) is 1. The molecule has 0 aliphatic carbocycles. The predicted octanol–water partition coefficient (Wildman–Crippen LogP) is 1.43. The maximum absolute atomic E-state index is 12.4. The lowest BCUT2D eigenvalue weighted by molar-refractivity contribution is -0.139. The van der Waals surface area contributed by atoms with Crippen LogP contribution in [0.15, 0.2) is 35.7 Å². The van der Waals surface area contributed by atoms with E-state index in [4.69, 9.17) is 4.74 Å². The maximum atomic E-state index is 12.4. The monoisotopic (exact) mass is 412 g/mol. The number of hydrogen-bond acceptors (Lipinski definition) is 6. The molecule has 0 bridgehead atoms. The smallest absolute Gasteiger partial charge is 0.315 e. The van der Waals surface area contributed by atoms with Crippen molar-refractivity contribution >= 4 is 39.7 Å². The van der Waals surface area contributed by atoms with Gasteiger partial charge in [-0.1, -0.05) is 30.3 Å². The molecule has 1 aromatic rings. The molecule has 0 spiro atoms. The highest BCUT2D eigenvalue weighted by Gasteiger charge is 2.27. The van der Waals surface area contributed by atoms with Gasteiger partial charge in [-0.3, -0.25) is 9.59 Å². The molecule has 0 unspecified atom stereocenters. The molecule has 1 aromatic carbocycles. The summed E-state index contributed by atoms with van der Waals surface area (Å²) in [6, 6.07) is 9.22. The summed E-state index contributed by atoms with van der Waals surface area (Å²) in [4.78, 5) is 25.1. The maximum Gasteiger partial charge on any atom is 0.315 e. The molecule has 1 heterocycles. The largest absolute Gasteiger partial charge is 0.465 e. The van der Waals surface area contributed by atoms with Crippen molar-refractivity contribution in [3.05, 3.63) is 41.3 Å². The van der Waals surface area contributed by atoms with Crippen LogP contribution in [0.2, 0.25) is 0 Å². The molecule has 9 heteroatoms. The lowest BCUT2D eigenvalue weighted by atomic mass is 10.2. The third-order valence-electron chi connectivity index (χ3n) is 3.93. The second kappa shape index (κ2) is 10.5. The second-order valence-electron chi connectivity index (χ2n) is 5.84. The molecule has 7 nitrogen and oxygen atoms in total. The molecule has 0 saturated carbocycles. The molecule has 2 rings (SSSR count). The van der Waals surface area contributed by atoms with Gasteiger partial charge >= 0.3 is 5.97 Å². The summed E-state index contributed by atoms with van der Waals surface area (Å²) in [6.07, 6.45) is 1.57. The fraction of sp³-hybridized carbons (Fsp3) is 0.444. The van der Waals surface area contributed by atoms with E-state index in [0.717, 1.165) is 5.56 Å².